The second-order valence-electron chi connectivity index (χ2n) is 14.0. The van der Waals surface area contributed by atoms with Crippen LogP contribution in [0.2, 0.25) is 0 Å². The van der Waals surface area contributed by atoms with Gasteiger partial charge in [-0.2, -0.15) is 0 Å². The topological polar surface area (TPSA) is 72.8 Å². The molecular formula is C46H80O5. The molecule has 1 atom stereocenters. The van der Waals surface area contributed by atoms with Crippen molar-refractivity contribution in [1.82, 2.24) is 0 Å². The third-order valence-corrected chi connectivity index (χ3v) is 9.05. The number of carbonyl (C=O) groups excluding carboxylic acids is 2. The molecule has 0 spiro atoms. The van der Waals surface area contributed by atoms with Crippen LogP contribution in [0.25, 0.3) is 0 Å². The Labute approximate surface area is 315 Å². The lowest BCUT2D eigenvalue weighted by Crippen LogP contribution is -2.28. The molecule has 0 saturated carbocycles. The molecular weight excluding hydrogens is 633 g/mol. The van der Waals surface area contributed by atoms with Crippen LogP contribution in [0.4, 0.5) is 0 Å². The molecule has 294 valence electrons. The van der Waals surface area contributed by atoms with Crippen molar-refractivity contribution in [2.45, 2.75) is 206 Å². The van der Waals surface area contributed by atoms with E-state index in [2.05, 4.69) is 74.6 Å². The fraction of sp³-hybridized carbons (Fsp3) is 0.739. The molecule has 0 heterocycles. The Hall–Kier alpha value is -2.40. The zero-order valence-electron chi connectivity index (χ0n) is 33.4. The van der Waals surface area contributed by atoms with Crippen molar-refractivity contribution in [2.24, 2.45) is 0 Å². The van der Waals surface area contributed by atoms with Gasteiger partial charge in [-0.25, -0.2) is 0 Å². The van der Waals surface area contributed by atoms with E-state index in [-0.39, 0.29) is 25.2 Å². The minimum absolute atomic E-state index is 0.0749. The molecule has 0 aromatic rings. The van der Waals surface area contributed by atoms with Gasteiger partial charge in [-0.3, -0.25) is 9.59 Å². The van der Waals surface area contributed by atoms with Gasteiger partial charge in [-0.1, -0.05) is 171 Å². The first-order chi connectivity index (χ1) is 25.1. The maximum absolute atomic E-state index is 12.2. The van der Waals surface area contributed by atoms with E-state index in [9.17, 15) is 14.7 Å². The minimum Gasteiger partial charge on any atom is -0.462 e. The summed E-state index contributed by atoms with van der Waals surface area (Å²) in [6, 6.07) is 0. The Morgan fingerprint density at radius 1 is 0.471 bits per heavy atom. The van der Waals surface area contributed by atoms with Crippen molar-refractivity contribution in [2.75, 3.05) is 13.2 Å². The van der Waals surface area contributed by atoms with Gasteiger partial charge in [0, 0.05) is 12.8 Å². The van der Waals surface area contributed by atoms with Crippen molar-refractivity contribution < 1.29 is 24.2 Å². The summed E-state index contributed by atoms with van der Waals surface area (Å²) in [5.41, 5.74) is 0. The van der Waals surface area contributed by atoms with Crippen molar-refractivity contribution in [3.8, 4) is 0 Å². The van der Waals surface area contributed by atoms with E-state index in [1.165, 1.54) is 96.3 Å². The largest absolute Gasteiger partial charge is 0.462 e. The highest BCUT2D eigenvalue weighted by Crippen LogP contribution is 2.13. The molecule has 1 N–H and O–H groups in total. The van der Waals surface area contributed by atoms with Crippen molar-refractivity contribution >= 4 is 11.9 Å². The predicted octanol–water partition coefficient (Wildman–Crippen LogP) is 13.6. The summed E-state index contributed by atoms with van der Waals surface area (Å²) in [5, 5.41) is 9.58. The Balaban J connectivity index is 3.58. The lowest BCUT2D eigenvalue weighted by Gasteiger charge is -2.15. The number of esters is 2. The van der Waals surface area contributed by atoms with Crippen molar-refractivity contribution in [3.63, 3.8) is 0 Å². The van der Waals surface area contributed by atoms with Gasteiger partial charge >= 0.3 is 11.9 Å². The lowest BCUT2D eigenvalue weighted by atomic mass is 10.1. The molecule has 0 bridgehead atoms. The van der Waals surface area contributed by atoms with Crippen LogP contribution < -0.4 is 0 Å². The quantitative estimate of drug-likeness (QED) is 0.0392. The molecule has 0 rings (SSSR count). The van der Waals surface area contributed by atoms with Crippen LogP contribution >= 0.6 is 0 Å². The standard InChI is InChI=1S/C46H80O5/c1-3-5-7-9-11-13-15-17-19-21-22-23-24-25-27-29-31-33-35-37-39-41-46(49)51-44(42-47)43-50-45(48)40-38-36-34-32-30-28-26-20-18-16-14-12-10-8-6-4-2/h5,7,11,13,17,19-20,22-23,26,44,47H,3-4,6,8-10,12,14-16,18,21,24-25,27-43H2,1-2H3/b7-5-,13-11-,19-17-,23-22-,26-20-. The van der Waals surface area contributed by atoms with E-state index in [0.717, 1.165) is 77.0 Å². The maximum atomic E-state index is 12.2. The van der Waals surface area contributed by atoms with Gasteiger partial charge in [-0.15, -0.1) is 0 Å². The Morgan fingerprint density at radius 3 is 1.29 bits per heavy atom. The van der Waals surface area contributed by atoms with Gasteiger partial charge in [0.1, 0.15) is 6.61 Å². The number of aliphatic hydroxyl groups excluding tert-OH is 1. The summed E-state index contributed by atoms with van der Waals surface area (Å²) in [6.07, 6.45) is 54.3. The van der Waals surface area contributed by atoms with Crippen LogP contribution in [0.5, 0.6) is 0 Å². The highest BCUT2D eigenvalue weighted by molar-refractivity contribution is 5.70. The second kappa shape index (κ2) is 42.0. The molecule has 0 fully saturated rings. The van der Waals surface area contributed by atoms with Crippen LogP contribution in [0, 0.1) is 0 Å². The molecule has 51 heavy (non-hydrogen) atoms. The number of allylic oxidation sites excluding steroid dienone is 10. The Morgan fingerprint density at radius 2 is 0.843 bits per heavy atom. The summed E-state index contributed by atoms with van der Waals surface area (Å²) < 4.78 is 10.6. The highest BCUT2D eigenvalue weighted by atomic mass is 16.6. The molecule has 0 amide bonds. The predicted molar refractivity (Wildman–Crippen MR) is 219 cm³/mol. The number of aliphatic hydroxyl groups is 1. The number of ether oxygens (including phenoxy) is 2. The molecule has 0 aliphatic rings. The first-order valence-corrected chi connectivity index (χ1v) is 21.3. The molecule has 0 aliphatic carbocycles. The average molecular weight is 713 g/mol. The monoisotopic (exact) mass is 713 g/mol. The van der Waals surface area contributed by atoms with Gasteiger partial charge < -0.3 is 14.6 Å². The number of hydrogen-bond acceptors (Lipinski definition) is 5. The van der Waals surface area contributed by atoms with Gasteiger partial charge in [0.2, 0.25) is 0 Å². The van der Waals surface area contributed by atoms with Crippen molar-refractivity contribution in [3.05, 3.63) is 60.8 Å². The molecule has 1 unspecified atom stereocenters. The highest BCUT2D eigenvalue weighted by Gasteiger charge is 2.16. The average Bonchev–Trinajstić information content (AvgIpc) is 3.13. The summed E-state index contributed by atoms with van der Waals surface area (Å²) >= 11 is 0. The van der Waals surface area contributed by atoms with E-state index in [1.807, 2.05) is 0 Å². The summed E-state index contributed by atoms with van der Waals surface area (Å²) in [7, 11) is 0. The van der Waals surface area contributed by atoms with Gasteiger partial charge in [0.25, 0.3) is 0 Å². The van der Waals surface area contributed by atoms with E-state index in [0.29, 0.717) is 12.8 Å². The number of rotatable bonds is 38. The molecule has 0 aromatic carbocycles. The normalized spacial score (nSPS) is 12.8. The fourth-order valence-corrected chi connectivity index (χ4v) is 5.83. The first-order valence-electron chi connectivity index (χ1n) is 21.3. The van der Waals surface area contributed by atoms with Gasteiger partial charge in [0.15, 0.2) is 6.10 Å². The van der Waals surface area contributed by atoms with E-state index in [1.54, 1.807) is 0 Å². The molecule has 5 heteroatoms. The van der Waals surface area contributed by atoms with Crippen LogP contribution in [-0.4, -0.2) is 36.4 Å². The summed E-state index contributed by atoms with van der Waals surface area (Å²) in [6.45, 7) is 4.01. The summed E-state index contributed by atoms with van der Waals surface area (Å²) in [4.78, 5) is 24.3. The molecule has 0 aliphatic heterocycles. The molecule has 0 saturated heterocycles. The zero-order valence-corrected chi connectivity index (χ0v) is 33.4. The van der Waals surface area contributed by atoms with E-state index >= 15 is 0 Å². The fourth-order valence-electron chi connectivity index (χ4n) is 5.83. The van der Waals surface area contributed by atoms with Crippen LogP contribution in [0.1, 0.15) is 200 Å². The Bertz CT molecular complexity index is 899. The molecule has 0 aromatic heterocycles. The van der Waals surface area contributed by atoms with Crippen LogP contribution in [0.3, 0.4) is 0 Å². The van der Waals surface area contributed by atoms with E-state index < -0.39 is 6.10 Å². The van der Waals surface area contributed by atoms with Crippen molar-refractivity contribution in [1.29, 1.82) is 0 Å². The first kappa shape index (κ1) is 48.6. The summed E-state index contributed by atoms with van der Waals surface area (Å²) in [5.74, 6) is -0.610. The number of hydrogen-bond donors (Lipinski definition) is 1. The van der Waals surface area contributed by atoms with Crippen LogP contribution in [0.15, 0.2) is 60.8 Å². The smallest absolute Gasteiger partial charge is 0.306 e. The Kier molecular flexibility index (Phi) is 40.0. The SMILES string of the molecule is CC/C=C\C/C=C\C/C=C\C/C=C\CCCCCCCCCCC(=O)OC(CO)COC(=O)CCCCCCC/C=C\CCCCCCCCC. The third kappa shape index (κ3) is 40.2. The molecule has 0 radical (unpaired) electrons. The molecule has 5 nitrogen and oxygen atoms in total. The number of carbonyl (C=O) groups is 2. The number of unbranched alkanes of at least 4 members (excludes halogenated alkanes) is 20. The van der Waals surface area contributed by atoms with Gasteiger partial charge in [-0.05, 0) is 77.0 Å². The zero-order chi connectivity index (χ0) is 37.1. The second-order valence-corrected chi connectivity index (χ2v) is 14.0. The lowest BCUT2D eigenvalue weighted by molar-refractivity contribution is -0.161. The third-order valence-electron chi connectivity index (χ3n) is 9.05. The van der Waals surface area contributed by atoms with Gasteiger partial charge in [0.05, 0.1) is 6.61 Å². The minimum atomic E-state index is -0.781. The van der Waals surface area contributed by atoms with E-state index in [4.69, 9.17) is 9.47 Å². The maximum Gasteiger partial charge on any atom is 0.306 e. The van der Waals surface area contributed by atoms with Crippen LogP contribution in [-0.2, 0) is 19.1 Å².